The van der Waals surface area contributed by atoms with Crippen LogP contribution in [0.25, 0.3) is 0 Å². The van der Waals surface area contributed by atoms with Crippen molar-refractivity contribution in [3.05, 3.63) is 35.9 Å². The fourth-order valence-electron chi connectivity index (χ4n) is 3.62. The second-order valence-corrected chi connectivity index (χ2v) is 7.42. The van der Waals surface area contributed by atoms with Gasteiger partial charge in [0, 0.05) is 26.3 Å². The molecule has 0 bridgehead atoms. The molecule has 1 aromatic rings. The van der Waals surface area contributed by atoms with E-state index in [0.29, 0.717) is 18.9 Å². The summed E-state index contributed by atoms with van der Waals surface area (Å²) in [7, 11) is 0. The number of nitrogens with one attached hydrogen (secondary N) is 1. The van der Waals surface area contributed by atoms with Crippen molar-refractivity contribution in [1.82, 2.24) is 10.2 Å². The van der Waals surface area contributed by atoms with Crippen molar-refractivity contribution in [2.45, 2.75) is 32.2 Å². The van der Waals surface area contributed by atoms with Crippen LogP contribution in [0, 0.1) is 11.3 Å². The standard InChI is InChI=1S/C19H26N2O4/c1-19(17(22)23)8-9-21(13-19)18(24)20-16(11-14-7-10-25-12-14)15-5-3-2-4-6-15/h2-6,14,16H,7-13H2,1H3,(H,20,24)(H,22,23). The Balaban J connectivity index is 1.67. The Bertz CT molecular complexity index is 615. The first-order chi connectivity index (χ1) is 12.0. The molecule has 0 aromatic heterocycles. The fraction of sp³-hybridized carbons (Fsp3) is 0.579. The molecule has 3 atom stereocenters. The number of carbonyl (C=O) groups is 2. The zero-order valence-corrected chi connectivity index (χ0v) is 14.6. The molecule has 2 N–H and O–H groups in total. The Labute approximate surface area is 148 Å². The van der Waals surface area contributed by atoms with E-state index in [-0.39, 0.29) is 18.6 Å². The third-order valence-electron chi connectivity index (χ3n) is 5.37. The van der Waals surface area contributed by atoms with E-state index in [9.17, 15) is 14.7 Å². The molecule has 25 heavy (non-hydrogen) atoms. The van der Waals surface area contributed by atoms with Crippen molar-refractivity contribution in [3.8, 4) is 0 Å². The quantitative estimate of drug-likeness (QED) is 0.859. The van der Waals surface area contributed by atoms with E-state index in [1.807, 2.05) is 30.3 Å². The van der Waals surface area contributed by atoms with Crippen LogP contribution in [-0.2, 0) is 9.53 Å². The molecule has 2 aliphatic heterocycles. The minimum Gasteiger partial charge on any atom is -0.481 e. The number of aliphatic carboxylic acids is 1. The van der Waals surface area contributed by atoms with Gasteiger partial charge in [0.2, 0.25) is 0 Å². The lowest BCUT2D eigenvalue weighted by molar-refractivity contribution is -0.147. The van der Waals surface area contributed by atoms with Crippen LogP contribution in [0.5, 0.6) is 0 Å². The first-order valence-corrected chi connectivity index (χ1v) is 8.89. The topological polar surface area (TPSA) is 78.9 Å². The summed E-state index contributed by atoms with van der Waals surface area (Å²) >= 11 is 0. The lowest BCUT2D eigenvalue weighted by atomic mass is 9.90. The van der Waals surface area contributed by atoms with Crippen LogP contribution in [0.15, 0.2) is 30.3 Å². The number of carboxylic acids is 1. The molecule has 2 fully saturated rings. The highest BCUT2D eigenvalue weighted by atomic mass is 16.5. The molecule has 1 aromatic carbocycles. The first-order valence-electron chi connectivity index (χ1n) is 8.89. The third-order valence-corrected chi connectivity index (χ3v) is 5.37. The van der Waals surface area contributed by atoms with E-state index in [2.05, 4.69) is 5.32 Å². The molecule has 6 nitrogen and oxygen atoms in total. The number of carboxylic acid groups (broad SMARTS) is 1. The largest absolute Gasteiger partial charge is 0.481 e. The van der Waals surface area contributed by atoms with Gasteiger partial charge in [0.15, 0.2) is 0 Å². The van der Waals surface area contributed by atoms with E-state index < -0.39 is 11.4 Å². The second kappa shape index (κ2) is 7.44. The molecule has 0 radical (unpaired) electrons. The smallest absolute Gasteiger partial charge is 0.317 e. The maximum Gasteiger partial charge on any atom is 0.317 e. The molecule has 0 spiro atoms. The van der Waals surface area contributed by atoms with Crippen LogP contribution >= 0.6 is 0 Å². The molecule has 2 amide bonds. The van der Waals surface area contributed by atoms with Gasteiger partial charge in [0.05, 0.1) is 11.5 Å². The lowest BCUT2D eigenvalue weighted by Gasteiger charge is -2.26. The fourth-order valence-corrected chi connectivity index (χ4v) is 3.62. The molecule has 3 unspecified atom stereocenters. The van der Waals surface area contributed by atoms with Crippen molar-refractivity contribution in [2.24, 2.45) is 11.3 Å². The van der Waals surface area contributed by atoms with Gasteiger partial charge < -0.3 is 20.1 Å². The van der Waals surface area contributed by atoms with Gasteiger partial charge in [0.1, 0.15) is 0 Å². The van der Waals surface area contributed by atoms with E-state index in [4.69, 9.17) is 4.74 Å². The Morgan fingerprint density at radius 3 is 2.76 bits per heavy atom. The highest BCUT2D eigenvalue weighted by Crippen LogP contribution is 2.31. The van der Waals surface area contributed by atoms with Crippen LogP contribution in [0.2, 0.25) is 0 Å². The Hall–Kier alpha value is -2.08. The zero-order valence-electron chi connectivity index (χ0n) is 14.6. The molecule has 3 rings (SSSR count). The Morgan fingerprint density at radius 1 is 1.40 bits per heavy atom. The molecule has 0 saturated carbocycles. The van der Waals surface area contributed by atoms with E-state index in [1.165, 1.54) is 0 Å². The molecule has 2 aliphatic rings. The molecular formula is C19H26N2O4. The van der Waals surface area contributed by atoms with Gasteiger partial charge in [0.25, 0.3) is 0 Å². The number of amides is 2. The normalized spacial score (nSPS) is 27.2. The molecule has 136 valence electrons. The van der Waals surface area contributed by atoms with Crippen molar-refractivity contribution in [1.29, 1.82) is 0 Å². The molecule has 6 heteroatoms. The minimum absolute atomic E-state index is 0.0860. The monoisotopic (exact) mass is 346 g/mol. The van der Waals surface area contributed by atoms with Gasteiger partial charge in [-0.2, -0.15) is 0 Å². The van der Waals surface area contributed by atoms with Crippen LogP contribution < -0.4 is 5.32 Å². The molecule has 0 aliphatic carbocycles. The summed E-state index contributed by atoms with van der Waals surface area (Å²) in [6, 6.07) is 9.67. The van der Waals surface area contributed by atoms with Crippen LogP contribution in [0.3, 0.4) is 0 Å². The van der Waals surface area contributed by atoms with Crippen LogP contribution in [0.4, 0.5) is 4.79 Å². The highest BCUT2D eigenvalue weighted by Gasteiger charge is 2.42. The summed E-state index contributed by atoms with van der Waals surface area (Å²) in [5.41, 5.74) is 0.224. The summed E-state index contributed by atoms with van der Waals surface area (Å²) in [5.74, 6) is -0.404. The first kappa shape index (κ1) is 17.7. The number of ether oxygens (including phenoxy) is 1. The molecular weight excluding hydrogens is 320 g/mol. The number of rotatable bonds is 5. The van der Waals surface area contributed by atoms with Gasteiger partial charge in [-0.3, -0.25) is 4.79 Å². The number of benzene rings is 1. The Kier molecular flexibility index (Phi) is 5.27. The van der Waals surface area contributed by atoms with Crippen LogP contribution in [0.1, 0.15) is 37.8 Å². The van der Waals surface area contributed by atoms with Gasteiger partial charge in [-0.25, -0.2) is 4.79 Å². The number of hydrogen-bond donors (Lipinski definition) is 2. The average molecular weight is 346 g/mol. The summed E-state index contributed by atoms with van der Waals surface area (Å²) in [6.07, 6.45) is 2.34. The number of hydrogen-bond acceptors (Lipinski definition) is 3. The predicted molar refractivity (Wildman–Crippen MR) is 93.2 cm³/mol. The summed E-state index contributed by atoms with van der Waals surface area (Å²) in [5, 5.41) is 12.5. The number of likely N-dealkylation sites (tertiary alicyclic amines) is 1. The average Bonchev–Trinajstić information content (AvgIpc) is 3.25. The maximum absolute atomic E-state index is 12.7. The van der Waals surface area contributed by atoms with Gasteiger partial charge in [-0.05, 0) is 37.7 Å². The minimum atomic E-state index is -0.848. The molecule has 2 heterocycles. The van der Waals surface area contributed by atoms with Gasteiger partial charge in [-0.1, -0.05) is 30.3 Å². The van der Waals surface area contributed by atoms with Crippen molar-refractivity contribution < 1.29 is 19.4 Å². The van der Waals surface area contributed by atoms with Crippen molar-refractivity contribution in [2.75, 3.05) is 26.3 Å². The summed E-state index contributed by atoms with van der Waals surface area (Å²) in [6.45, 7) is 3.95. The van der Waals surface area contributed by atoms with E-state index in [1.54, 1.807) is 11.8 Å². The number of carbonyl (C=O) groups excluding carboxylic acids is 1. The number of urea groups is 1. The lowest BCUT2D eigenvalue weighted by Crippen LogP contribution is -2.42. The maximum atomic E-state index is 12.7. The van der Waals surface area contributed by atoms with Gasteiger partial charge in [-0.15, -0.1) is 0 Å². The summed E-state index contributed by atoms with van der Waals surface area (Å²) in [4.78, 5) is 25.7. The second-order valence-electron chi connectivity index (χ2n) is 7.42. The van der Waals surface area contributed by atoms with E-state index in [0.717, 1.165) is 31.6 Å². The van der Waals surface area contributed by atoms with Crippen molar-refractivity contribution in [3.63, 3.8) is 0 Å². The zero-order chi connectivity index (χ0) is 17.9. The number of nitrogens with zero attached hydrogens (tertiary/aromatic N) is 1. The summed E-state index contributed by atoms with van der Waals surface area (Å²) < 4.78 is 5.46. The Morgan fingerprint density at radius 2 is 2.16 bits per heavy atom. The van der Waals surface area contributed by atoms with Crippen molar-refractivity contribution >= 4 is 12.0 Å². The van der Waals surface area contributed by atoms with Crippen LogP contribution in [-0.4, -0.2) is 48.3 Å². The van der Waals surface area contributed by atoms with E-state index >= 15 is 0 Å². The third kappa shape index (κ3) is 4.12. The van der Waals surface area contributed by atoms with Gasteiger partial charge >= 0.3 is 12.0 Å². The predicted octanol–water partition coefficient (Wildman–Crippen LogP) is 2.66. The molecule has 2 saturated heterocycles. The highest BCUT2D eigenvalue weighted by molar-refractivity contribution is 5.79. The SMILES string of the molecule is CC1(C(=O)O)CCN(C(=O)NC(CC2CCOC2)c2ccccc2)C1.